The molecule has 0 saturated carbocycles. The number of aryl methyl sites for hydroxylation is 2. The molecule has 110 valence electrons. The summed E-state index contributed by atoms with van der Waals surface area (Å²) in [5.74, 6) is -0.259. The van der Waals surface area contributed by atoms with Crippen LogP contribution in [-0.4, -0.2) is 28.9 Å². The smallest absolute Gasteiger partial charge is 0.324 e. The number of urea groups is 1. The lowest BCUT2D eigenvalue weighted by molar-refractivity contribution is 0.0760. The lowest BCUT2D eigenvalue weighted by Gasteiger charge is -2.26. The van der Waals surface area contributed by atoms with E-state index in [1.165, 1.54) is 4.90 Å². The molecule has 1 rings (SSSR count). The predicted octanol–water partition coefficient (Wildman–Crippen LogP) is 3.27. The van der Waals surface area contributed by atoms with Crippen LogP contribution < -0.4 is 5.32 Å². The van der Waals surface area contributed by atoms with E-state index in [9.17, 15) is 9.59 Å². The van der Waals surface area contributed by atoms with E-state index in [4.69, 9.17) is 0 Å². The van der Waals surface area contributed by atoms with E-state index in [-0.39, 0.29) is 24.0 Å². The number of hydrogen-bond acceptors (Lipinski definition) is 2. The van der Waals surface area contributed by atoms with Gasteiger partial charge in [-0.15, -0.1) is 0 Å². The van der Waals surface area contributed by atoms with Gasteiger partial charge in [0, 0.05) is 17.6 Å². The van der Waals surface area contributed by atoms with E-state index in [2.05, 4.69) is 5.32 Å². The monoisotopic (exact) mass is 276 g/mol. The number of hydrogen-bond donors (Lipinski definition) is 1. The zero-order valence-corrected chi connectivity index (χ0v) is 13.2. The number of nitrogens with zero attached hydrogens (tertiary/aromatic N) is 1. The Labute approximate surface area is 121 Å². The van der Waals surface area contributed by atoms with Gasteiger partial charge in [-0.1, -0.05) is 17.2 Å². The van der Waals surface area contributed by atoms with E-state index in [0.29, 0.717) is 5.56 Å². The highest BCUT2D eigenvalue weighted by atomic mass is 16.2. The Kier molecular flexibility index (Phi) is 5.31. The molecule has 1 N–H and O–H groups in total. The van der Waals surface area contributed by atoms with Gasteiger partial charge in [-0.3, -0.25) is 9.69 Å². The van der Waals surface area contributed by atoms with Gasteiger partial charge in [0.05, 0.1) is 0 Å². The number of amides is 3. The topological polar surface area (TPSA) is 49.4 Å². The van der Waals surface area contributed by atoms with E-state index in [1.807, 2.05) is 59.7 Å². The molecular formula is C16H24N2O2. The summed E-state index contributed by atoms with van der Waals surface area (Å²) < 4.78 is 0. The average molecular weight is 276 g/mol. The highest BCUT2D eigenvalue weighted by Gasteiger charge is 2.26. The van der Waals surface area contributed by atoms with E-state index >= 15 is 0 Å². The number of nitrogens with one attached hydrogen (secondary N) is 1. The molecule has 3 amide bonds. The zero-order valence-electron chi connectivity index (χ0n) is 13.2. The molecule has 1 aromatic carbocycles. The Morgan fingerprint density at radius 1 is 1.00 bits per heavy atom. The molecule has 0 aliphatic rings. The largest absolute Gasteiger partial charge is 0.335 e. The van der Waals surface area contributed by atoms with Crippen LogP contribution in [-0.2, 0) is 0 Å². The second-order valence-corrected chi connectivity index (χ2v) is 5.75. The minimum absolute atomic E-state index is 0.00389. The average Bonchev–Trinajstić information content (AvgIpc) is 2.25. The number of benzene rings is 1. The summed E-state index contributed by atoms with van der Waals surface area (Å²) in [6.07, 6.45) is 0. The van der Waals surface area contributed by atoms with Crippen LogP contribution in [0.15, 0.2) is 18.2 Å². The third-order valence-corrected chi connectivity index (χ3v) is 2.83. The fourth-order valence-electron chi connectivity index (χ4n) is 2.11. The van der Waals surface area contributed by atoms with Crippen molar-refractivity contribution in [1.29, 1.82) is 0 Å². The number of carbonyl (C=O) groups excluding carboxylic acids is 2. The molecule has 0 aliphatic heterocycles. The van der Waals surface area contributed by atoms with Gasteiger partial charge in [0.15, 0.2) is 0 Å². The molecule has 0 fully saturated rings. The molecule has 0 aromatic heterocycles. The predicted molar refractivity (Wildman–Crippen MR) is 80.9 cm³/mol. The van der Waals surface area contributed by atoms with Gasteiger partial charge in [0.25, 0.3) is 5.91 Å². The minimum Gasteiger partial charge on any atom is -0.335 e. The van der Waals surface area contributed by atoms with Gasteiger partial charge < -0.3 is 5.32 Å². The number of rotatable bonds is 3. The molecule has 1 aromatic rings. The van der Waals surface area contributed by atoms with Gasteiger partial charge in [-0.05, 0) is 53.7 Å². The van der Waals surface area contributed by atoms with Crippen LogP contribution in [0.2, 0.25) is 0 Å². The maximum absolute atomic E-state index is 12.6. The van der Waals surface area contributed by atoms with Crippen LogP contribution in [0, 0.1) is 13.8 Å². The minimum atomic E-state index is -0.348. The molecule has 20 heavy (non-hydrogen) atoms. The molecule has 0 spiro atoms. The molecule has 0 bridgehead atoms. The standard InChI is InChI=1S/C16H24N2O2/c1-10(2)17-16(20)18(11(3)4)15(19)14-8-12(5)7-13(6)9-14/h7-11H,1-6H3,(H,17,20). The van der Waals surface area contributed by atoms with Crippen molar-refractivity contribution in [3.63, 3.8) is 0 Å². The van der Waals surface area contributed by atoms with Crippen LogP contribution in [0.4, 0.5) is 4.79 Å². The third kappa shape index (κ3) is 4.08. The van der Waals surface area contributed by atoms with Gasteiger partial charge in [-0.2, -0.15) is 0 Å². The van der Waals surface area contributed by atoms with Crippen molar-refractivity contribution in [1.82, 2.24) is 10.2 Å². The summed E-state index contributed by atoms with van der Waals surface area (Å²) in [4.78, 5) is 26.0. The highest BCUT2D eigenvalue weighted by Crippen LogP contribution is 2.13. The Hall–Kier alpha value is -1.84. The first-order valence-electron chi connectivity index (χ1n) is 6.94. The highest BCUT2D eigenvalue weighted by molar-refractivity contribution is 6.04. The normalized spacial score (nSPS) is 10.8. The first-order chi connectivity index (χ1) is 9.22. The van der Waals surface area contributed by atoms with Gasteiger partial charge in [0.1, 0.15) is 0 Å². The Bertz CT molecular complexity index is 487. The van der Waals surface area contributed by atoms with Crippen LogP contribution in [0.1, 0.15) is 49.2 Å². The molecule has 0 atom stereocenters. The molecule has 4 heteroatoms. The lowest BCUT2D eigenvalue weighted by atomic mass is 10.1. The second kappa shape index (κ2) is 6.55. The van der Waals surface area contributed by atoms with E-state index in [1.54, 1.807) is 0 Å². The molecule has 0 unspecified atom stereocenters. The van der Waals surface area contributed by atoms with Crippen LogP contribution in [0.25, 0.3) is 0 Å². The van der Waals surface area contributed by atoms with Gasteiger partial charge in [-0.25, -0.2) is 4.79 Å². The molecule has 0 heterocycles. The number of carbonyl (C=O) groups is 2. The van der Waals surface area contributed by atoms with Crippen molar-refractivity contribution in [3.8, 4) is 0 Å². The van der Waals surface area contributed by atoms with Crippen LogP contribution in [0.3, 0.4) is 0 Å². The fourth-order valence-corrected chi connectivity index (χ4v) is 2.11. The maximum Gasteiger partial charge on any atom is 0.324 e. The lowest BCUT2D eigenvalue weighted by Crippen LogP contribution is -2.49. The summed E-state index contributed by atoms with van der Waals surface area (Å²) >= 11 is 0. The third-order valence-electron chi connectivity index (χ3n) is 2.83. The summed E-state index contributed by atoms with van der Waals surface area (Å²) in [6.45, 7) is 11.3. The summed E-state index contributed by atoms with van der Waals surface area (Å²) in [7, 11) is 0. The Morgan fingerprint density at radius 3 is 1.90 bits per heavy atom. The van der Waals surface area contributed by atoms with Crippen molar-refractivity contribution in [2.24, 2.45) is 0 Å². The summed E-state index contributed by atoms with van der Waals surface area (Å²) in [5.41, 5.74) is 2.58. The molecule has 0 saturated heterocycles. The first-order valence-corrected chi connectivity index (χ1v) is 6.94. The van der Waals surface area contributed by atoms with Crippen molar-refractivity contribution in [2.45, 2.75) is 53.6 Å². The first kappa shape index (κ1) is 16.2. The fraction of sp³-hybridized carbons (Fsp3) is 0.500. The SMILES string of the molecule is Cc1cc(C)cc(C(=O)N(C(=O)NC(C)C)C(C)C)c1. The number of imide groups is 1. The second-order valence-electron chi connectivity index (χ2n) is 5.75. The van der Waals surface area contributed by atoms with Crippen molar-refractivity contribution < 1.29 is 9.59 Å². The molecule has 0 aliphatic carbocycles. The Balaban J connectivity index is 3.08. The molecular weight excluding hydrogens is 252 g/mol. The van der Waals surface area contributed by atoms with Gasteiger partial charge >= 0.3 is 6.03 Å². The Morgan fingerprint density at radius 2 is 1.50 bits per heavy atom. The molecule has 4 nitrogen and oxygen atoms in total. The van der Waals surface area contributed by atoms with Crippen molar-refractivity contribution in [3.05, 3.63) is 34.9 Å². The molecule has 0 radical (unpaired) electrons. The summed E-state index contributed by atoms with van der Waals surface area (Å²) in [6, 6.07) is 5.09. The van der Waals surface area contributed by atoms with E-state index < -0.39 is 0 Å². The van der Waals surface area contributed by atoms with Crippen molar-refractivity contribution in [2.75, 3.05) is 0 Å². The van der Waals surface area contributed by atoms with Crippen LogP contribution in [0.5, 0.6) is 0 Å². The zero-order chi connectivity index (χ0) is 15.4. The van der Waals surface area contributed by atoms with E-state index in [0.717, 1.165) is 11.1 Å². The van der Waals surface area contributed by atoms with Gasteiger partial charge in [0.2, 0.25) is 0 Å². The van der Waals surface area contributed by atoms with Crippen molar-refractivity contribution >= 4 is 11.9 Å². The van der Waals surface area contributed by atoms with Crippen LogP contribution >= 0.6 is 0 Å². The summed E-state index contributed by atoms with van der Waals surface area (Å²) in [5, 5.41) is 2.77. The maximum atomic E-state index is 12.6. The quantitative estimate of drug-likeness (QED) is 0.921.